The van der Waals surface area contributed by atoms with Crippen LogP contribution < -0.4 is 0 Å². The molecule has 1 aromatic heterocycles. The minimum absolute atomic E-state index is 0.990. The summed E-state index contributed by atoms with van der Waals surface area (Å²) < 4.78 is 1.94. The summed E-state index contributed by atoms with van der Waals surface area (Å²) in [6.07, 6.45) is 10.4. The van der Waals surface area contributed by atoms with Crippen LogP contribution in [0.4, 0.5) is 0 Å². The highest BCUT2D eigenvalue weighted by atomic mass is 15.3. The summed E-state index contributed by atoms with van der Waals surface area (Å²) in [5.74, 6) is 0. The summed E-state index contributed by atoms with van der Waals surface area (Å²) in [7, 11) is 0. The summed E-state index contributed by atoms with van der Waals surface area (Å²) in [5, 5.41) is 4.10. The Morgan fingerprint density at radius 3 is 3.00 bits per heavy atom. The number of rotatable bonds is 4. The summed E-state index contributed by atoms with van der Waals surface area (Å²) >= 11 is 0. The molecule has 0 bridgehead atoms. The lowest BCUT2D eigenvalue weighted by Gasteiger charge is -1.95. The van der Waals surface area contributed by atoms with Crippen molar-refractivity contribution in [1.82, 2.24) is 9.78 Å². The van der Waals surface area contributed by atoms with Gasteiger partial charge in [0.2, 0.25) is 0 Å². The summed E-state index contributed by atoms with van der Waals surface area (Å²) in [6.45, 7) is 3.13. The Bertz CT molecular complexity index is 199. The van der Waals surface area contributed by atoms with Gasteiger partial charge >= 0.3 is 0 Å². The summed E-state index contributed by atoms with van der Waals surface area (Å²) in [6, 6.07) is 1.95. The molecule has 11 heavy (non-hydrogen) atoms. The molecule has 0 unspecified atom stereocenters. The molecule has 0 atom stereocenters. The molecule has 1 aromatic rings. The Labute approximate surface area is 67.5 Å². The van der Waals surface area contributed by atoms with E-state index in [-0.39, 0.29) is 0 Å². The fraction of sp³-hybridized carbons (Fsp3) is 0.444. The fourth-order valence-corrected chi connectivity index (χ4v) is 0.924. The van der Waals surface area contributed by atoms with Crippen molar-refractivity contribution in [1.29, 1.82) is 0 Å². The Kier molecular flexibility index (Phi) is 3.45. The monoisotopic (exact) mass is 150 g/mol. The van der Waals surface area contributed by atoms with Gasteiger partial charge in [-0.15, -0.1) is 0 Å². The average Bonchev–Trinajstić information content (AvgIpc) is 2.50. The van der Waals surface area contributed by atoms with Gasteiger partial charge in [-0.1, -0.05) is 19.1 Å². The molecule has 1 heterocycles. The van der Waals surface area contributed by atoms with E-state index in [1.807, 2.05) is 23.1 Å². The van der Waals surface area contributed by atoms with Gasteiger partial charge in [-0.05, 0) is 18.9 Å². The SMILES string of the molecule is CC/C=C/CCn1cccn1. The molecule has 0 radical (unpaired) electrons. The lowest BCUT2D eigenvalue weighted by molar-refractivity contribution is 0.623. The normalized spacial score (nSPS) is 11.0. The van der Waals surface area contributed by atoms with Gasteiger partial charge in [-0.2, -0.15) is 5.10 Å². The maximum absolute atomic E-state index is 4.10. The van der Waals surface area contributed by atoms with Crippen molar-refractivity contribution in [3.8, 4) is 0 Å². The van der Waals surface area contributed by atoms with Crippen LogP contribution in [-0.2, 0) is 6.54 Å². The Morgan fingerprint density at radius 1 is 1.45 bits per heavy atom. The largest absolute Gasteiger partial charge is 0.272 e. The van der Waals surface area contributed by atoms with E-state index in [0.29, 0.717) is 0 Å². The van der Waals surface area contributed by atoms with Crippen LogP contribution in [0.25, 0.3) is 0 Å². The highest BCUT2D eigenvalue weighted by Gasteiger charge is 1.85. The standard InChI is InChI=1S/C9H14N2/c1-2-3-4-5-8-11-9-6-7-10-11/h3-4,6-7,9H,2,5,8H2,1H3/b4-3+. The second-order valence-corrected chi connectivity index (χ2v) is 2.44. The van der Waals surface area contributed by atoms with Crippen molar-refractivity contribution in [2.24, 2.45) is 0 Å². The highest BCUT2D eigenvalue weighted by molar-refractivity contribution is 4.82. The second kappa shape index (κ2) is 4.72. The molecule has 0 aliphatic rings. The Balaban J connectivity index is 2.19. The lowest BCUT2D eigenvalue weighted by Crippen LogP contribution is -1.95. The third kappa shape index (κ3) is 3.03. The number of nitrogens with zero attached hydrogens (tertiary/aromatic N) is 2. The van der Waals surface area contributed by atoms with Gasteiger partial charge in [0.1, 0.15) is 0 Å². The third-order valence-corrected chi connectivity index (χ3v) is 1.49. The van der Waals surface area contributed by atoms with Gasteiger partial charge in [-0.3, -0.25) is 4.68 Å². The van der Waals surface area contributed by atoms with Crippen molar-refractivity contribution in [3.05, 3.63) is 30.6 Å². The first-order chi connectivity index (χ1) is 5.43. The first kappa shape index (κ1) is 8.05. The van der Waals surface area contributed by atoms with Crippen LogP contribution in [0.5, 0.6) is 0 Å². The Hall–Kier alpha value is -1.05. The lowest BCUT2D eigenvalue weighted by atomic mass is 10.3. The van der Waals surface area contributed by atoms with Gasteiger partial charge in [0.25, 0.3) is 0 Å². The smallest absolute Gasteiger partial charge is 0.0489 e. The van der Waals surface area contributed by atoms with Crippen LogP contribution in [0.1, 0.15) is 19.8 Å². The first-order valence-corrected chi connectivity index (χ1v) is 4.06. The molecule has 0 amide bonds. The predicted molar refractivity (Wildman–Crippen MR) is 46.3 cm³/mol. The van der Waals surface area contributed by atoms with Crippen molar-refractivity contribution < 1.29 is 0 Å². The van der Waals surface area contributed by atoms with E-state index in [1.165, 1.54) is 0 Å². The van der Waals surface area contributed by atoms with Crippen LogP contribution in [0, 0.1) is 0 Å². The van der Waals surface area contributed by atoms with Gasteiger partial charge in [0, 0.05) is 18.9 Å². The highest BCUT2D eigenvalue weighted by Crippen LogP contribution is 1.91. The Morgan fingerprint density at radius 2 is 2.36 bits per heavy atom. The van der Waals surface area contributed by atoms with E-state index in [0.717, 1.165) is 19.4 Å². The molecule has 60 valence electrons. The topological polar surface area (TPSA) is 17.8 Å². The molecular formula is C9H14N2. The zero-order valence-corrected chi connectivity index (χ0v) is 6.90. The first-order valence-electron chi connectivity index (χ1n) is 4.06. The molecule has 0 aliphatic heterocycles. The van der Waals surface area contributed by atoms with Crippen LogP contribution in [0.15, 0.2) is 30.6 Å². The van der Waals surface area contributed by atoms with Crippen LogP contribution in [0.2, 0.25) is 0 Å². The molecule has 0 fully saturated rings. The van der Waals surface area contributed by atoms with E-state index in [2.05, 4.69) is 24.2 Å². The van der Waals surface area contributed by atoms with E-state index < -0.39 is 0 Å². The fourth-order valence-electron chi connectivity index (χ4n) is 0.924. The third-order valence-electron chi connectivity index (χ3n) is 1.49. The van der Waals surface area contributed by atoms with Crippen LogP contribution in [0.3, 0.4) is 0 Å². The van der Waals surface area contributed by atoms with Gasteiger partial charge in [0.15, 0.2) is 0 Å². The van der Waals surface area contributed by atoms with Crippen molar-refractivity contribution in [3.63, 3.8) is 0 Å². The van der Waals surface area contributed by atoms with E-state index >= 15 is 0 Å². The zero-order valence-electron chi connectivity index (χ0n) is 6.90. The van der Waals surface area contributed by atoms with Gasteiger partial charge in [-0.25, -0.2) is 0 Å². The maximum Gasteiger partial charge on any atom is 0.0489 e. The molecular weight excluding hydrogens is 136 g/mol. The predicted octanol–water partition coefficient (Wildman–Crippen LogP) is 2.24. The molecule has 0 aliphatic carbocycles. The summed E-state index contributed by atoms with van der Waals surface area (Å²) in [4.78, 5) is 0. The quantitative estimate of drug-likeness (QED) is 0.602. The second-order valence-electron chi connectivity index (χ2n) is 2.44. The number of allylic oxidation sites excluding steroid dienone is 2. The van der Waals surface area contributed by atoms with Crippen molar-refractivity contribution >= 4 is 0 Å². The minimum Gasteiger partial charge on any atom is -0.272 e. The summed E-state index contributed by atoms with van der Waals surface area (Å²) in [5.41, 5.74) is 0. The molecule has 2 heteroatoms. The molecule has 0 saturated heterocycles. The minimum atomic E-state index is 0.990. The maximum atomic E-state index is 4.10. The number of aryl methyl sites for hydroxylation is 1. The van der Waals surface area contributed by atoms with E-state index in [1.54, 1.807) is 0 Å². The molecule has 2 nitrogen and oxygen atoms in total. The molecule has 1 rings (SSSR count). The molecule has 0 aromatic carbocycles. The van der Waals surface area contributed by atoms with Crippen molar-refractivity contribution in [2.45, 2.75) is 26.3 Å². The van der Waals surface area contributed by atoms with Crippen LogP contribution in [-0.4, -0.2) is 9.78 Å². The van der Waals surface area contributed by atoms with Gasteiger partial charge < -0.3 is 0 Å². The molecule has 0 saturated carbocycles. The number of aromatic nitrogens is 2. The van der Waals surface area contributed by atoms with Crippen LogP contribution >= 0.6 is 0 Å². The molecule has 0 spiro atoms. The van der Waals surface area contributed by atoms with Gasteiger partial charge in [0.05, 0.1) is 0 Å². The molecule has 0 N–H and O–H groups in total. The van der Waals surface area contributed by atoms with E-state index in [9.17, 15) is 0 Å². The number of hydrogen-bond donors (Lipinski definition) is 0. The average molecular weight is 150 g/mol. The number of hydrogen-bond acceptors (Lipinski definition) is 1. The zero-order chi connectivity index (χ0) is 7.94. The van der Waals surface area contributed by atoms with E-state index in [4.69, 9.17) is 0 Å². The van der Waals surface area contributed by atoms with Crippen molar-refractivity contribution in [2.75, 3.05) is 0 Å².